The SMILES string of the molecule is CN=C(NCC1CCCN1CCOC)NC1CCN(Cc2ccccc2)CC1. The number of benzene rings is 1. The van der Waals surface area contributed by atoms with Gasteiger partial charge in [0.1, 0.15) is 0 Å². The molecule has 2 heterocycles. The summed E-state index contributed by atoms with van der Waals surface area (Å²) in [7, 11) is 3.65. The van der Waals surface area contributed by atoms with Gasteiger partial charge in [-0.15, -0.1) is 0 Å². The molecule has 2 saturated heterocycles. The highest BCUT2D eigenvalue weighted by Gasteiger charge is 2.25. The molecule has 0 spiro atoms. The summed E-state index contributed by atoms with van der Waals surface area (Å²) in [6.45, 7) is 7.30. The summed E-state index contributed by atoms with van der Waals surface area (Å²) < 4.78 is 5.24. The predicted octanol–water partition coefficient (Wildman–Crippen LogP) is 1.93. The third kappa shape index (κ3) is 6.47. The van der Waals surface area contributed by atoms with Crippen LogP contribution in [0.2, 0.25) is 0 Å². The molecule has 1 aromatic rings. The lowest BCUT2D eigenvalue weighted by atomic mass is 10.0. The normalized spacial score (nSPS) is 22.5. The molecule has 2 N–H and O–H groups in total. The number of rotatable bonds is 8. The summed E-state index contributed by atoms with van der Waals surface area (Å²) in [4.78, 5) is 9.54. The molecule has 0 radical (unpaired) electrons. The maximum atomic E-state index is 5.24. The average molecular weight is 388 g/mol. The van der Waals surface area contributed by atoms with E-state index in [2.05, 4.69) is 55.8 Å². The second-order valence-corrected chi connectivity index (χ2v) is 7.96. The van der Waals surface area contributed by atoms with E-state index in [1.807, 2.05) is 7.05 Å². The van der Waals surface area contributed by atoms with Crippen LogP contribution in [0.25, 0.3) is 0 Å². The Labute approximate surface area is 170 Å². The number of nitrogens with one attached hydrogen (secondary N) is 2. The van der Waals surface area contributed by atoms with E-state index in [4.69, 9.17) is 4.74 Å². The van der Waals surface area contributed by atoms with Crippen LogP contribution in [0.1, 0.15) is 31.2 Å². The predicted molar refractivity (Wildman–Crippen MR) is 116 cm³/mol. The molecule has 2 aliphatic heterocycles. The van der Waals surface area contributed by atoms with Gasteiger partial charge < -0.3 is 15.4 Å². The second-order valence-electron chi connectivity index (χ2n) is 7.96. The molecule has 3 rings (SSSR count). The lowest BCUT2D eigenvalue weighted by Crippen LogP contribution is -2.50. The van der Waals surface area contributed by atoms with Crippen molar-refractivity contribution in [1.29, 1.82) is 0 Å². The van der Waals surface area contributed by atoms with E-state index in [-0.39, 0.29) is 0 Å². The Morgan fingerprint density at radius 3 is 2.64 bits per heavy atom. The first kappa shape index (κ1) is 21.1. The van der Waals surface area contributed by atoms with Gasteiger partial charge in [-0.1, -0.05) is 30.3 Å². The molecule has 0 aliphatic carbocycles. The third-order valence-corrected chi connectivity index (χ3v) is 5.99. The smallest absolute Gasteiger partial charge is 0.191 e. The lowest BCUT2D eigenvalue weighted by Gasteiger charge is -2.33. The van der Waals surface area contributed by atoms with Crippen LogP contribution in [0.3, 0.4) is 0 Å². The topological polar surface area (TPSA) is 52.1 Å². The van der Waals surface area contributed by atoms with Crippen molar-refractivity contribution in [3.05, 3.63) is 35.9 Å². The number of nitrogens with zero attached hydrogens (tertiary/aromatic N) is 3. The molecular weight excluding hydrogens is 350 g/mol. The van der Waals surface area contributed by atoms with Crippen LogP contribution in [0.15, 0.2) is 35.3 Å². The van der Waals surface area contributed by atoms with Crippen LogP contribution in [0.5, 0.6) is 0 Å². The van der Waals surface area contributed by atoms with Crippen LogP contribution in [-0.4, -0.2) is 81.3 Å². The van der Waals surface area contributed by atoms with Crippen molar-refractivity contribution in [3.63, 3.8) is 0 Å². The number of aliphatic imine (C=N–C) groups is 1. The van der Waals surface area contributed by atoms with E-state index >= 15 is 0 Å². The summed E-state index contributed by atoms with van der Waals surface area (Å²) in [5.41, 5.74) is 1.40. The molecule has 0 aromatic heterocycles. The number of likely N-dealkylation sites (tertiary alicyclic amines) is 2. The van der Waals surface area contributed by atoms with Gasteiger partial charge in [-0.25, -0.2) is 0 Å². The van der Waals surface area contributed by atoms with Gasteiger partial charge in [-0.05, 0) is 37.8 Å². The number of hydrogen-bond acceptors (Lipinski definition) is 4. The fourth-order valence-corrected chi connectivity index (χ4v) is 4.31. The minimum atomic E-state index is 0.506. The van der Waals surface area contributed by atoms with Crippen molar-refractivity contribution < 1.29 is 4.74 Å². The van der Waals surface area contributed by atoms with Crippen LogP contribution < -0.4 is 10.6 Å². The molecule has 156 valence electrons. The first-order chi connectivity index (χ1) is 13.8. The maximum Gasteiger partial charge on any atom is 0.191 e. The molecule has 0 saturated carbocycles. The summed E-state index contributed by atoms with van der Waals surface area (Å²) in [6, 6.07) is 11.9. The summed E-state index contributed by atoms with van der Waals surface area (Å²) in [5, 5.41) is 7.20. The molecule has 1 atom stereocenters. The Hall–Kier alpha value is -1.63. The Morgan fingerprint density at radius 1 is 1.14 bits per heavy atom. The standard InChI is InChI=1S/C22H37N5O/c1-23-22(24-17-21-9-6-12-27(21)15-16-28-2)25-20-10-13-26(14-11-20)18-19-7-4-3-5-8-19/h3-5,7-8,20-21H,6,9-18H2,1-2H3,(H2,23,24,25). The Balaban J connectivity index is 1.37. The summed E-state index contributed by atoms with van der Waals surface area (Å²) in [5.74, 6) is 0.945. The van der Waals surface area contributed by atoms with Gasteiger partial charge in [0.05, 0.1) is 6.61 Å². The fourth-order valence-electron chi connectivity index (χ4n) is 4.31. The first-order valence-electron chi connectivity index (χ1n) is 10.7. The molecular formula is C22H37N5O. The van der Waals surface area contributed by atoms with E-state index < -0.39 is 0 Å². The number of hydrogen-bond donors (Lipinski definition) is 2. The molecule has 1 unspecified atom stereocenters. The fraction of sp³-hybridized carbons (Fsp3) is 0.682. The lowest BCUT2D eigenvalue weighted by molar-refractivity contribution is 0.141. The van der Waals surface area contributed by atoms with Gasteiger partial charge in [0.15, 0.2) is 5.96 Å². The van der Waals surface area contributed by atoms with Crippen molar-refractivity contribution in [1.82, 2.24) is 20.4 Å². The highest BCUT2D eigenvalue weighted by atomic mass is 16.5. The Bertz CT molecular complexity index is 586. The van der Waals surface area contributed by atoms with Crippen molar-refractivity contribution >= 4 is 5.96 Å². The molecule has 1 aromatic carbocycles. The van der Waals surface area contributed by atoms with Crippen LogP contribution in [0.4, 0.5) is 0 Å². The van der Waals surface area contributed by atoms with Crippen molar-refractivity contribution in [3.8, 4) is 0 Å². The monoisotopic (exact) mass is 387 g/mol. The first-order valence-corrected chi connectivity index (χ1v) is 10.7. The van der Waals surface area contributed by atoms with Gasteiger partial charge in [0.2, 0.25) is 0 Å². The molecule has 6 nitrogen and oxygen atoms in total. The zero-order chi connectivity index (χ0) is 19.6. The quantitative estimate of drug-likeness (QED) is 0.527. The zero-order valence-corrected chi connectivity index (χ0v) is 17.6. The van der Waals surface area contributed by atoms with Crippen LogP contribution in [-0.2, 0) is 11.3 Å². The highest BCUT2D eigenvalue weighted by molar-refractivity contribution is 5.80. The van der Waals surface area contributed by atoms with Crippen molar-refractivity contribution in [2.24, 2.45) is 4.99 Å². The number of ether oxygens (including phenoxy) is 1. The van der Waals surface area contributed by atoms with E-state index in [1.165, 1.54) is 24.9 Å². The minimum Gasteiger partial charge on any atom is -0.383 e. The molecule has 2 aliphatic rings. The number of methoxy groups -OCH3 is 1. The van der Waals surface area contributed by atoms with Gasteiger partial charge in [0, 0.05) is 59.0 Å². The van der Waals surface area contributed by atoms with Gasteiger partial charge >= 0.3 is 0 Å². The van der Waals surface area contributed by atoms with Crippen LogP contribution >= 0.6 is 0 Å². The van der Waals surface area contributed by atoms with E-state index in [0.717, 1.165) is 58.1 Å². The molecule has 0 bridgehead atoms. The average Bonchev–Trinajstić information content (AvgIpc) is 3.19. The van der Waals surface area contributed by atoms with E-state index in [1.54, 1.807) is 7.11 Å². The minimum absolute atomic E-state index is 0.506. The van der Waals surface area contributed by atoms with Gasteiger partial charge in [0.25, 0.3) is 0 Å². The highest BCUT2D eigenvalue weighted by Crippen LogP contribution is 2.16. The zero-order valence-electron chi connectivity index (χ0n) is 17.6. The van der Waals surface area contributed by atoms with Crippen molar-refractivity contribution in [2.45, 2.75) is 44.3 Å². The van der Waals surface area contributed by atoms with Gasteiger partial charge in [-0.2, -0.15) is 0 Å². The van der Waals surface area contributed by atoms with Crippen LogP contribution in [0, 0.1) is 0 Å². The Kier molecular flexibility index (Phi) is 8.58. The van der Waals surface area contributed by atoms with E-state index in [0.29, 0.717) is 12.1 Å². The number of guanidine groups is 1. The van der Waals surface area contributed by atoms with E-state index in [9.17, 15) is 0 Å². The third-order valence-electron chi connectivity index (χ3n) is 5.99. The van der Waals surface area contributed by atoms with Crippen molar-refractivity contribution in [2.75, 3.05) is 53.5 Å². The number of piperidine rings is 1. The maximum absolute atomic E-state index is 5.24. The molecule has 0 amide bonds. The molecule has 2 fully saturated rings. The second kappa shape index (κ2) is 11.4. The Morgan fingerprint density at radius 2 is 1.93 bits per heavy atom. The summed E-state index contributed by atoms with van der Waals surface area (Å²) in [6.07, 6.45) is 4.86. The van der Waals surface area contributed by atoms with Gasteiger partial charge in [-0.3, -0.25) is 14.8 Å². The molecule has 28 heavy (non-hydrogen) atoms. The largest absolute Gasteiger partial charge is 0.383 e. The molecule has 6 heteroatoms. The summed E-state index contributed by atoms with van der Waals surface area (Å²) >= 11 is 0.